The summed E-state index contributed by atoms with van der Waals surface area (Å²) in [6.07, 6.45) is 74.8. The first-order valence-corrected chi connectivity index (χ1v) is 49.0. The Morgan fingerprint density at radius 2 is 0.398 bits per heavy atom. The average Bonchev–Trinajstić information content (AvgIpc) is 0.813. The van der Waals surface area contributed by atoms with Gasteiger partial charge in [-0.05, 0) is 136 Å². The van der Waals surface area contributed by atoms with E-state index in [2.05, 4.69) is 51.8 Å². The third kappa shape index (κ3) is 49.1. The molecular formula is C104H166N4O10. The first kappa shape index (κ1) is 102. The van der Waals surface area contributed by atoms with Crippen LogP contribution in [0.1, 0.15) is 448 Å². The number of benzene rings is 5. The second kappa shape index (κ2) is 71.7. The second-order valence-electron chi connectivity index (χ2n) is 33.4. The molecule has 0 spiro atoms. The van der Waals surface area contributed by atoms with Gasteiger partial charge in [0, 0.05) is 0 Å². The van der Waals surface area contributed by atoms with Gasteiger partial charge < -0.3 is 37.9 Å². The molecule has 5 aromatic rings. The van der Waals surface area contributed by atoms with Crippen LogP contribution in [-0.4, -0.2) is 51.6 Å². The molecule has 118 heavy (non-hydrogen) atoms. The van der Waals surface area contributed by atoms with E-state index in [0.29, 0.717) is 120 Å². The summed E-state index contributed by atoms with van der Waals surface area (Å²) in [5, 5.41) is 18.9. The highest BCUT2D eigenvalue weighted by molar-refractivity contribution is 5.92. The van der Waals surface area contributed by atoms with E-state index in [1.165, 1.54) is 308 Å². The molecule has 0 heterocycles. The molecule has 0 atom stereocenters. The number of azo groups is 2. The molecule has 0 aliphatic carbocycles. The van der Waals surface area contributed by atoms with E-state index in [1.807, 2.05) is 24.3 Å². The zero-order chi connectivity index (χ0) is 83.7. The number of carbonyl (C=O) groups is 2. The van der Waals surface area contributed by atoms with Crippen molar-refractivity contribution >= 4 is 34.7 Å². The Kier molecular flexibility index (Phi) is 61.8. The van der Waals surface area contributed by atoms with Crippen LogP contribution in [-0.2, 0) is 0 Å². The predicted octanol–water partition coefficient (Wildman–Crippen LogP) is 34.8. The van der Waals surface area contributed by atoms with Crippen molar-refractivity contribution in [3.05, 3.63) is 108 Å². The van der Waals surface area contributed by atoms with E-state index in [4.69, 9.17) is 48.1 Å². The lowest BCUT2D eigenvalue weighted by molar-refractivity contribution is 0.0719. The molecule has 0 radical (unpaired) electrons. The molecule has 662 valence electrons. The molecule has 0 aliphatic heterocycles. The van der Waals surface area contributed by atoms with Gasteiger partial charge in [0.05, 0.1) is 62.1 Å². The Hall–Kier alpha value is -6.96. The number of nitrogens with zero attached hydrogens (tertiary/aromatic N) is 4. The molecule has 0 saturated heterocycles. The van der Waals surface area contributed by atoms with Gasteiger partial charge in [0.2, 0.25) is 11.5 Å². The van der Waals surface area contributed by atoms with Crippen LogP contribution < -0.4 is 37.9 Å². The number of hydrogen-bond donors (Lipinski definition) is 0. The Labute approximate surface area is 719 Å². The maximum absolute atomic E-state index is 13.6. The molecule has 0 saturated carbocycles. The van der Waals surface area contributed by atoms with Crippen LogP contribution in [0.15, 0.2) is 118 Å². The van der Waals surface area contributed by atoms with Gasteiger partial charge in [-0.15, -0.1) is 10.2 Å². The van der Waals surface area contributed by atoms with E-state index in [1.54, 1.807) is 72.8 Å². The lowest BCUT2D eigenvalue weighted by Gasteiger charge is -2.18. The monoisotopic (exact) mass is 1630 g/mol. The average molecular weight is 1630 g/mol. The van der Waals surface area contributed by atoms with E-state index < -0.39 is 11.9 Å². The van der Waals surface area contributed by atoms with Gasteiger partial charge in [-0.3, -0.25) is 0 Å². The minimum Gasteiger partial charge on any atom is -0.490 e. The molecule has 14 nitrogen and oxygen atoms in total. The quantitative estimate of drug-likeness (QED) is 0.0159. The third-order valence-electron chi connectivity index (χ3n) is 22.6. The number of carbonyl (C=O) groups excluding carboxylic acids is 2. The maximum atomic E-state index is 13.6. The third-order valence-corrected chi connectivity index (χ3v) is 22.6. The van der Waals surface area contributed by atoms with Crippen molar-refractivity contribution in [3.63, 3.8) is 0 Å². The van der Waals surface area contributed by atoms with Crippen molar-refractivity contribution in [3.8, 4) is 46.0 Å². The van der Waals surface area contributed by atoms with Gasteiger partial charge in [0.1, 0.15) is 22.9 Å². The standard InChI is InChI=1S/C104H166N4O10/c1-7-13-19-25-31-37-43-49-55-61-83-111-97-81-79-95(99(113-85-63-57-51-45-39-33-27-21-15-9-3)101(97)115-87-65-59-53-47-41-35-29-23-17-11-5)107-105-91-71-67-89(68-72-91)103(109)117-93-75-77-94(78-76-93)118-104(110)90-69-73-92(74-70-90)106-108-96-80-82-98(112-84-62-56-50-44-38-32-26-20-14-8-2)102(116-88-66-60-54-48-42-36-30-24-18-12-6)100(96)114-86-64-58-52-46-40-34-28-22-16-10-4/h67-82H,7-66,83-88H2,1-6H3. The lowest BCUT2D eigenvalue weighted by Crippen LogP contribution is -2.09. The van der Waals surface area contributed by atoms with Crippen LogP contribution in [0.4, 0.5) is 22.7 Å². The van der Waals surface area contributed by atoms with Gasteiger partial charge >= 0.3 is 11.9 Å². The van der Waals surface area contributed by atoms with Crippen LogP contribution >= 0.6 is 0 Å². The van der Waals surface area contributed by atoms with Gasteiger partial charge in [0.15, 0.2) is 23.0 Å². The van der Waals surface area contributed by atoms with Crippen LogP contribution in [0.3, 0.4) is 0 Å². The first-order chi connectivity index (χ1) is 58.3. The molecule has 0 bridgehead atoms. The van der Waals surface area contributed by atoms with Gasteiger partial charge in [0.25, 0.3) is 0 Å². The normalized spacial score (nSPS) is 11.5. The second-order valence-corrected chi connectivity index (χ2v) is 33.4. The lowest BCUT2D eigenvalue weighted by atomic mass is 10.1. The van der Waals surface area contributed by atoms with Crippen LogP contribution in [0.2, 0.25) is 0 Å². The molecule has 0 N–H and O–H groups in total. The molecule has 5 aromatic carbocycles. The Bertz CT molecular complexity index is 3070. The fourth-order valence-electron chi connectivity index (χ4n) is 15.1. The number of rotatable bonds is 80. The molecule has 0 fully saturated rings. The number of hydrogen-bond acceptors (Lipinski definition) is 14. The topological polar surface area (TPSA) is 157 Å². The summed E-state index contributed by atoms with van der Waals surface area (Å²) in [6.45, 7) is 17.0. The molecule has 0 unspecified atom stereocenters. The zero-order valence-corrected chi connectivity index (χ0v) is 75.8. The van der Waals surface area contributed by atoms with E-state index in [9.17, 15) is 9.59 Å². The summed E-state index contributed by atoms with van der Waals surface area (Å²) in [6, 6.07) is 27.9. The van der Waals surface area contributed by atoms with Crippen molar-refractivity contribution in [1.82, 2.24) is 0 Å². The Balaban J connectivity index is 1.24. The molecule has 0 amide bonds. The largest absolute Gasteiger partial charge is 0.490 e. The number of ether oxygens (including phenoxy) is 8. The highest BCUT2D eigenvalue weighted by atomic mass is 16.6. The molecule has 5 rings (SSSR count). The molecular weight excluding hydrogens is 1470 g/mol. The summed E-state index contributed by atoms with van der Waals surface area (Å²) >= 11 is 0. The Morgan fingerprint density at radius 1 is 0.203 bits per heavy atom. The van der Waals surface area contributed by atoms with Gasteiger partial charge in [-0.1, -0.05) is 388 Å². The number of unbranched alkanes of at least 4 members (excludes halogenated alkanes) is 54. The number of esters is 2. The zero-order valence-electron chi connectivity index (χ0n) is 75.8. The summed E-state index contributed by atoms with van der Waals surface area (Å²) in [4.78, 5) is 27.2. The molecule has 14 heteroatoms. The summed E-state index contributed by atoms with van der Waals surface area (Å²) in [5.41, 5.74) is 2.91. The van der Waals surface area contributed by atoms with E-state index in [0.717, 1.165) is 77.0 Å². The van der Waals surface area contributed by atoms with Gasteiger partial charge in [-0.25, -0.2) is 9.59 Å². The Morgan fingerprint density at radius 3 is 0.619 bits per heavy atom. The first-order valence-electron chi connectivity index (χ1n) is 49.0. The molecule has 0 aliphatic rings. The van der Waals surface area contributed by atoms with E-state index >= 15 is 0 Å². The predicted molar refractivity (Wildman–Crippen MR) is 495 cm³/mol. The maximum Gasteiger partial charge on any atom is 0.343 e. The highest BCUT2D eigenvalue weighted by Crippen LogP contribution is 2.47. The van der Waals surface area contributed by atoms with Crippen LogP contribution in [0.5, 0.6) is 46.0 Å². The van der Waals surface area contributed by atoms with Crippen molar-refractivity contribution in [2.45, 2.75) is 427 Å². The summed E-state index contributed by atoms with van der Waals surface area (Å²) in [7, 11) is 0. The highest BCUT2D eigenvalue weighted by Gasteiger charge is 2.22. The van der Waals surface area contributed by atoms with Crippen molar-refractivity contribution in [2.24, 2.45) is 20.5 Å². The van der Waals surface area contributed by atoms with Gasteiger partial charge in [-0.2, -0.15) is 10.2 Å². The van der Waals surface area contributed by atoms with Crippen molar-refractivity contribution in [1.29, 1.82) is 0 Å². The fraction of sp³-hybridized carbons (Fsp3) is 0.692. The summed E-state index contributed by atoms with van der Waals surface area (Å²) < 4.78 is 51.7. The minimum atomic E-state index is -0.548. The fourth-order valence-corrected chi connectivity index (χ4v) is 15.1. The van der Waals surface area contributed by atoms with Crippen LogP contribution in [0.25, 0.3) is 0 Å². The van der Waals surface area contributed by atoms with Crippen LogP contribution in [0, 0.1) is 0 Å². The van der Waals surface area contributed by atoms with E-state index in [-0.39, 0.29) is 0 Å². The van der Waals surface area contributed by atoms with Crippen molar-refractivity contribution in [2.75, 3.05) is 39.6 Å². The smallest absolute Gasteiger partial charge is 0.343 e. The minimum absolute atomic E-state index is 0.294. The van der Waals surface area contributed by atoms with Crippen molar-refractivity contribution < 1.29 is 47.5 Å². The SMILES string of the molecule is CCCCCCCCCCCCOc1ccc(N=Nc2ccc(C(=O)Oc3ccc(OC(=O)c4ccc(N=Nc5ccc(OCCCCCCCCCCCC)c(OCCCCCCCCCCCC)c5OCCCCCCCCCCCC)cc4)cc3)cc2)c(OCCCCCCCCCCCC)c1OCCCCCCCCCCCC. The summed E-state index contributed by atoms with van der Waals surface area (Å²) in [5.74, 6) is 3.17. The molecule has 0 aromatic heterocycles.